The number of aromatic nitrogens is 3. The van der Waals surface area contributed by atoms with E-state index >= 15 is 4.39 Å². The van der Waals surface area contributed by atoms with E-state index in [1.165, 1.54) is 17.0 Å². The van der Waals surface area contributed by atoms with Crippen LogP contribution in [0.4, 0.5) is 20.8 Å². The van der Waals surface area contributed by atoms with Gasteiger partial charge in [0, 0.05) is 47.3 Å². The molecule has 0 spiro atoms. The zero-order chi connectivity index (χ0) is 33.1. The Morgan fingerprint density at radius 1 is 1.06 bits per heavy atom. The van der Waals surface area contributed by atoms with Gasteiger partial charge in [0.2, 0.25) is 21.9 Å². The lowest BCUT2D eigenvalue weighted by atomic mass is 10.0. The molecule has 1 atom stereocenters. The standard InChI is InChI=1S/C33H30ClFN6O5S/c1-20-10-11-23-24(12-13-27(35)29(23)40-47(44,45)19-21-6-2-3-9-26(21)34)30(20)46-31-25(8-4-15-36-31)28-14-16-37-32(39-28)38-22-7-5-17-41(18-22)33(42)43/h2-4,6,8-16,22,40H,5,7,17-19H2,1H3,(H,42,43)(H,37,38,39)/t22-/m0/s1. The van der Waals surface area contributed by atoms with E-state index < -0.39 is 27.7 Å². The number of carboxylic acid groups (broad SMARTS) is 1. The Balaban J connectivity index is 1.30. The van der Waals surface area contributed by atoms with Crippen LogP contribution < -0.4 is 14.8 Å². The zero-order valence-electron chi connectivity index (χ0n) is 25.2. The number of rotatable bonds is 9. The maximum atomic E-state index is 15.2. The molecule has 14 heteroatoms. The highest BCUT2D eigenvalue weighted by atomic mass is 35.5. The van der Waals surface area contributed by atoms with Gasteiger partial charge in [-0.2, -0.15) is 0 Å². The quantitative estimate of drug-likeness (QED) is 0.149. The summed E-state index contributed by atoms with van der Waals surface area (Å²) >= 11 is 6.18. The van der Waals surface area contributed by atoms with E-state index in [1.54, 1.807) is 67.0 Å². The number of carbonyl (C=O) groups is 1. The second-order valence-electron chi connectivity index (χ2n) is 11.1. The average Bonchev–Trinajstić information content (AvgIpc) is 3.05. The Labute approximate surface area is 275 Å². The van der Waals surface area contributed by atoms with Crippen molar-refractivity contribution < 1.29 is 27.4 Å². The molecule has 1 amide bonds. The summed E-state index contributed by atoms with van der Waals surface area (Å²) in [6.45, 7) is 2.63. The second-order valence-corrected chi connectivity index (χ2v) is 13.2. The van der Waals surface area contributed by atoms with Crippen LogP contribution in [-0.4, -0.2) is 58.6 Å². The number of ether oxygens (including phenoxy) is 1. The topological polar surface area (TPSA) is 147 Å². The normalized spacial score (nSPS) is 15.0. The lowest BCUT2D eigenvalue weighted by Crippen LogP contribution is -2.44. The summed E-state index contributed by atoms with van der Waals surface area (Å²) in [4.78, 5) is 26.3. The van der Waals surface area contributed by atoms with Crippen molar-refractivity contribution in [2.24, 2.45) is 0 Å². The number of benzene rings is 3. The van der Waals surface area contributed by atoms with E-state index in [0.29, 0.717) is 63.0 Å². The molecule has 0 saturated carbocycles. The van der Waals surface area contributed by atoms with Gasteiger partial charge in [-0.05, 0) is 67.3 Å². The second kappa shape index (κ2) is 13.4. The summed E-state index contributed by atoms with van der Waals surface area (Å²) in [5.74, 6) is -0.285. The van der Waals surface area contributed by atoms with Crippen LogP contribution in [0.25, 0.3) is 22.0 Å². The summed E-state index contributed by atoms with van der Waals surface area (Å²) in [5.41, 5.74) is 1.93. The van der Waals surface area contributed by atoms with Gasteiger partial charge in [-0.1, -0.05) is 41.9 Å². The summed E-state index contributed by atoms with van der Waals surface area (Å²) in [5, 5.41) is 13.7. The minimum Gasteiger partial charge on any atom is -0.465 e. The molecule has 1 aliphatic rings. The number of pyridine rings is 1. The van der Waals surface area contributed by atoms with E-state index in [0.717, 1.165) is 12.8 Å². The molecule has 3 heterocycles. The van der Waals surface area contributed by atoms with Crippen molar-refractivity contribution in [3.8, 4) is 22.9 Å². The van der Waals surface area contributed by atoms with Crippen LogP contribution >= 0.6 is 11.6 Å². The van der Waals surface area contributed by atoms with Crippen LogP contribution in [0.5, 0.6) is 11.6 Å². The van der Waals surface area contributed by atoms with Crippen LogP contribution in [0.15, 0.2) is 79.1 Å². The SMILES string of the molecule is Cc1ccc2c(NS(=O)(=O)Cc3ccccc3Cl)c(F)ccc2c1Oc1ncccc1-c1ccnc(N[C@H]2CCCN(C(=O)O)C2)n1. The molecule has 0 bridgehead atoms. The van der Waals surface area contributed by atoms with E-state index in [4.69, 9.17) is 16.3 Å². The number of amides is 1. The van der Waals surface area contributed by atoms with Gasteiger partial charge in [-0.15, -0.1) is 0 Å². The average molecular weight is 677 g/mol. The maximum absolute atomic E-state index is 15.2. The van der Waals surface area contributed by atoms with E-state index in [1.807, 2.05) is 6.92 Å². The van der Waals surface area contributed by atoms with Crippen LogP contribution in [0.1, 0.15) is 24.0 Å². The van der Waals surface area contributed by atoms with E-state index in [9.17, 15) is 18.3 Å². The van der Waals surface area contributed by atoms with Crippen LogP contribution in [0.3, 0.4) is 0 Å². The van der Waals surface area contributed by atoms with Crippen molar-refractivity contribution in [3.63, 3.8) is 0 Å². The molecule has 47 heavy (non-hydrogen) atoms. The van der Waals surface area contributed by atoms with Crippen molar-refractivity contribution in [1.29, 1.82) is 0 Å². The van der Waals surface area contributed by atoms with Crippen molar-refractivity contribution in [2.75, 3.05) is 23.1 Å². The highest BCUT2D eigenvalue weighted by Crippen LogP contribution is 2.40. The molecule has 5 aromatic rings. The van der Waals surface area contributed by atoms with E-state index in [-0.39, 0.29) is 17.6 Å². The van der Waals surface area contributed by atoms with Crippen LogP contribution in [-0.2, 0) is 15.8 Å². The Kier molecular flexibility index (Phi) is 9.10. The van der Waals surface area contributed by atoms with Gasteiger partial charge in [0.05, 0.1) is 22.7 Å². The maximum Gasteiger partial charge on any atom is 0.407 e. The monoisotopic (exact) mass is 676 g/mol. The number of fused-ring (bicyclic) bond motifs is 1. The number of likely N-dealkylation sites (tertiary alicyclic amines) is 1. The van der Waals surface area contributed by atoms with E-state index in [2.05, 4.69) is 25.0 Å². The number of sulfonamides is 1. The first kappa shape index (κ1) is 32.0. The first-order chi connectivity index (χ1) is 22.6. The summed E-state index contributed by atoms with van der Waals surface area (Å²) < 4.78 is 50.3. The number of hydrogen-bond acceptors (Lipinski definition) is 8. The summed E-state index contributed by atoms with van der Waals surface area (Å²) in [7, 11) is -4.05. The number of aryl methyl sites for hydroxylation is 1. The van der Waals surface area contributed by atoms with Gasteiger partial charge in [-0.3, -0.25) is 4.72 Å². The molecule has 0 radical (unpaired) electrons. The predicted molar refractivity (Wildman–Crippen MR) is 178 cm³/mol. The first-order valence-electron chi connectivity index (χ1n) is 14.7. The number of piperidine rings is 1. The number of anilines is 2. The third-order valence-electron chi connectivity index (χ3n) is 7.78. The fourth-order valence-corrected chi connectivity index (χ4v) is 7.04. The third-order valence-corrected chi connectivity index (χ3v) is 9.36. The zero-order valence-corrected chi connectivity index (χ0v) is 26.7. The van der Waals surface area contributed by atoms with Crippen molar-refractivity contribution >= 4 is 50.1 Å². The lowest BCUT2D eigenvalue weighted by Gasteiger charge is -2.31. The van der Waals surface area contributed by atoms with Crippen LogP contribution in [0, 0.1) is 12.7 Å². The van der Waals surface area contributed by atoms with Gasteiger partial charge in [-0.25, -0.2) is 32.6 Å². The van der Waals surface area contributed by atoms with Crippen molar-refractivity contribution in [1.82, 2.24) is 19.9 Å². The summed E-state index contributed by atoms with van der Waals surface area (Å²) in [6.07, 6.45) is 3.69. The number of halogens is 2. The molecule has 6 rings (SSSR count). The van der Waals surface area contributed by atoms with Gasteiger partial charge < -0.3 is 20.1 Å². The molecular formula is C33H30ClFN6O5S. The fraction of sp³-hybridized carbons (Fsp3) is 0.212. The highest BCUT2D eigenvalue weighted by molar-refractivity contribution is 7.92. The Bertz CT molecular complexity index is 2080. The lowest BCUT2D eigenvalue weighted by molar-refractivity contribution is 0.132. The molecule has 11 nitrogen and oxygen atoms in total. The molecule has 3 N–H and O–H groups in total. The fourth-order valence-electron chi connectivity index (χ4n) is 5.50. The first-order valence-corrected chi connectivity index (χ1v) is 16.8. The van der Waals surface area contributed by atoms with Crippen LogP contribution in [0.2, 0.25) is 5.02 Å². The molecule has 1 aliphatic heterocycles. The highest BCUT2D eigenvalue weighted by Gasteiger charge is 2.24. The number of nitrogens with zero attached hydrogens (tertiary/aromatic N) is 4. The minimum absolute atomic E-state index is 0.144. The Morgan fingerprint density at radius 2 is 1.87 bits per heavy atom. The molecule has 242 valence electrons. The van der Waals surface area contributed by atoms with Gasteiger partial charge in [0.25, 0.3) is 0 Å². The molecule has 1 saturated heterocycles. The molecule has 2 aromatic heterocycles. The Morgan fingerprint density at radius 3 is 2.68 bits per heavy atom. The molecule has 0 unspecified atom stereocenters. The molecule has 0 aliphatic carbocycles. The molecule has 3 aromatic carbocycles. The number of nitrogens with one attached hydrogen (secondary N) is 2. The molecule has 1 fully saturated rings. The van der Waals surface area contributed by atoms with Gasteiger partial charge >= 0.3 is 6.09 Å². The Hall–Kier alpha value is -5.01. The van der Waals surface area contributed by atoms with Gasteiger partial charge in [0.15, 0.2) is 0 Å². The number of hydrogen-bond donors (Lipinski definition) is 3. The summed E-state index contributed by atoms with van der Waals surface area (Å²) in [6, 6.07) is 17.7. The predicted octanol–water partition coefficient (Wildman–Crippen LogP) is 7.08. The largest absolute Gasteiger partial charge is 0.465 e. The minimum atomic E-state index is -4.05. The third kappa shape index (κ3) is 7.21. The molecular weight excluding hydrogens is 647 g/mol. The van der Waals surface area contributed by atoms with Crippen molar-refractivity contribution in [2.45, 2.75) is 31.6 Å². The smallest absolute Gasteiger partial charge is 0.407 e. The van der Waals surface area contributed by atoms with Gasteiger partial charge in [0.1, 0.15) is 11.6 Å². The van der Waals surface area contributed by atoms with Crippen molar-refractivity contribution in [3.05, 3.63) is 101 Å².